The third-order valence-electron chi connectivity index (χ3n) is 4.74. The molecule has 0 aliphatic rings. The monoisotopic (exact) mass is 317 g/mol. The predicted octanol–water partition coefficient (Wildman–Crippen LogP) is 7.65. The maximum atomic E-state index is 4.35. The van der Waals surface area contributed by atoms with Crippen molar-refractivity contribution in [1.82, 2.24) is 0 Å². The molecule has 0 aromatic carbocycles. The quantitative estimate of drug-likeness (QED) is 0.167. The molecule has 1 nitrogen and oxygen atoms in total. The molecule has 0 aliphatic heterocycles. The third kappa shape index (κ3) is 10.3. The molecule has 0 spiro atoms. The average Bonchev–Trinajstić information content (AvgIpc) is 2.55. The zero-order valence-electron chi connectivity index (χ0n) is 15.9. The smallest absolute Gasteiger partial charge is 0.0305 e. The molecule has 0 radical (unpaired) electrons. The molecule has 23 heavy (non-hydrogen) atoms. The average molecular weight is 318 g/mol. The van der Waals surface area contributed by atoms with Crippen LogP contribution in [0.25, 0.3) is 0 Å². The van der Waals surface area contributed by atoms with E-state index in [1.54, 1.807) is 12.3 Å². The second-order valence-electron chi connectivity index (χ2n) is 6.86. The molecule has 0 rings (SSSR count). The lowest BCUT2D eigenvalue weighted by molar-refractivity contribution is 0.313. The highest BCUT2D eigenvalue weighted by molar-refractivity contribution is 5.70. The summed E-state index contributed by atoms with van der Waals surface area (Å²) in [6.07, 6.45) is 21.9. The van der Waals surface area contributed by atoms with Crippen molar-refractivity contribution < 1.29 is 0 Å². The van der Waals surface area contributed by atoms with Crippen molar-refractivity contribution in [3.63, 3.8) is 0 Å². The third-order valence-corrected chi connectivity index (χ3v) is 4.74. The van der Waals surface area contributed by atoms with Gasteiger partial charge in [0.25, 0.3) is 0 Å². The second kappa shape index (κ2) is 14.5. The van der Waals surface area contributed by atoms with E-state index in [1.165, 1.54) is 76.2 Å². The fourth-order valence-corrected chi connectivity index (χ4v) is 3.11. The molecular formula is C22H39N. The Bertz CT molecular complexity index is 364. The lowest BCUT2D eigenvalue weighted by Gasteiger charge is -2.31. The highest BCUT2D eigenvalue weighted by Gasteiger charge is 2.26. The molecule has 0 aromatic rings. The molecule has 132 valence electrons. The van der Waals surface area contributed by atoms with Crippen LogP contribution >= 0.6 is 0 Å². The van der Waals surface area contributed by atoms with Gasteiger partial charge in [-0.1, -0.05) is 104 Å². The normalized spacial score (nSPS) is 14.8. The van der Waals surface area contributed by atoms with E-state index in [1.807, 2.05) is 12.3 Å². The molecule has 0 saturated heterocycles. The first-order valence-electron chi connectivity index (χ1n) is 9.61. The lowest BCUT2D eigenvalue weighted by Crippen LogP contribution is -2.19. The van der Waals surface area contributed by atoms with Crippen LogP contribution < -0.4 is 0 Å². The van der Waals surface area contributed by atoms with Gasteiger partial charge in [-0.3, -0.25) is 4.99 Å². The van der Waals surface area contributed by atoms with Crippen molar-refractivity contribution in [3.8, 4) is 0 Å². The van der Waals surface area contributed by atoms with Crippen LogP contribution in [-0.4, -0.2) is 6.21 Å². The first-order chi connectivity index (χ1) is 11.1. The van der Waals surface area contributed by atoms with Gasteiger partial charge in [-0.2, -0.15) is 0 Å². The Morgan fingerprint density at radius 1 is 0.870 bits per heavy atom. The van der Waals surface area contributed by atoms with E-state index in [0.717, 1.165) is 0 Å². The fourth-order valence-electron chi connectivity index (χ4n) is 3.11. The lowest BCUT2D eigenvalue weighted by atomic mass is 9.74. The van der Waals surface area contributed by atoms with Crippen LogP contribution in [0, 0.1) is 5.41 Å². The van der Waals surface area contributed by atoms with Gasteiger partial charge in [0.2, 0.25) is 0 Å². The number of rotatable bonds is 15. The summed E-state index contributed by atoms with van der Waals surface area (Å²) in [7, 11) is 0. The number of hydrogen-bond acceptors (Lipinski definition) is 1. The molecule has 0 bridgehead atoms. The van der Waals surface area contributed by atoms with E-state index in [4.69, 9.17) is 0 Å². The largest absolute Gasteiger partial charge is 0.264 e. The zero-order valence-corrected chi connectivity index (χ0v) is 15.9. The minimum Gasteiger partial charge on any atom is -0.264 e. The van der Waals surface area contributed by atoms with Crippen molar-refractivity contribution in [1.29, 1.82) is 0 Å². The minimum absolute atomic E-state index is 0.209. The van der Waals surface area contributed by atoms with Crippen LogP contribution in [0.5, 0.6) is 0 Å². The Morgan fingerprint density at radius 3 is 1.87 bits per heavy atom. The highest BCUT2D eigenvalue weighted by Crippen LogP contribution is 2.39. The number of allylic oxidation sites excluding steroid dienone is 3. The Balaban J connectivity index is 4.79. The first-order valence-corrected chi connectivity index (χ1v) is 9.61. The Kier molecular flexibility index (Phi) is 13.8. The molecule has 0 amide bonds. The Morgan fingerprint density at radius 2 is 1.39 bits per heavy atom. The molecule has 0 saturated carbocycles. The van der Waals surface area contributed by atoms with E-state index >= 15 is 0 Å². The number of aliphatic imine (C=N–C) groups is 1. The molecule has 0 N–H and O–H groups in total. The minimum atomic E-state index is 0.209. The summed E-state index contributed by atoms with van der Waals surface area (Å²) in [6.45, 7) is 14.7. The first kappa shape index (κ1) is 21.9. The van der Waals surface area contributed by atoms with Crippen molar-refractivity contribution in [2.45, 2.75) is 91.4 Å². The molecular weight excluding hydrogens is 278 g/mol. The fraction of sp³-hybridized carbons (Fsp3) is 0.682. The zero-order chi connectivity index (χ0) is 17.4. The van der Waals surface area contributed by atoms with Gasteiger partial charge < -0.3 is 0 Å². The van der Waals surface area contributed by atoms with Crippen LogP contribution in [0.2, 0.25) is 0 Å². The van der Waals surface area contributed by atoms with Gasteiger partial charge in [0.1, 0.15) is 0 Å². The summed E-state index contributed by atoms with van der Waals surface area (Å²) in [5, 5.41) is 0. The molecule has 0 aromatic heterocycles. The van der Waals surface area contributed by atoms with E-state index in [-0.39, 0.29) is 5.41 Å². The van der Waals surface area contributed by atoms with Crippen molar-refractivity contribution in [2.24, 2.45) is 10.4 Å². The molecule has 0 fully saturated rings. The van der Waals surface area contributed by atoms with E-state index in [0.29, 0.717) is 0 Å². The summed E-state index contributed by atoms with van der Waals surface area (Å²) in [5.41, 5.74) is 1.49. The number of hydrogen-bond donors (Lipinski definition) is 0. The van der Waals surface area contributed by atoms with E-state index in [2.05, 4.69) is 38.9 Å². The van der Waals surface area contributed by atoms with Crippen molar-refractivity contribution in [3.05, 3.63) is 37.1 Å². The Labute approximate surface area is 145 Å². The van der Waals surface area contributed by atoms with Gasteiger partial charge >= 0.3 is 0 Å². The van der Waals surface area contributed by atoms with Gasteiger partial charge in [0, 0.05) is 12.4 Å². The van der Waals surface area contributed by atoms with Gasteiger partial charge in [-0.05, 0) is 23.8 Å². The summed E-state index contributed by atoms with van der Waals surface area (Å²) in [6, 6.07) is 0. The van der Waals surface area contributed by atoms with Crippen molar-refractivity contribution in [2.75, 3.05) is 0 Å². The van der Waals surface area contributed by atoms with Gasteiger partial charge in [-0.15, -0.1) is 0 Å². The Hall–Kier alpha value is -1.11. The van der Waals surface area contributed by atoms with Gasteiger partial charge in [-0.25, -0.2) is 0 Å². The van der Waals surface area contributed by atoms with Gasteiger partial charge in [0.05, 0.1) is 0 Å². The topological polar surface area (TPSA) is 12.4 Å². The summed E-state index contributed by atoms with van der Waals surface area (Å²) < 4.78 is 0. The van der Waals surface area contributed by atoms with E-state index in [9.17, 15) is 0 Å². The molecule has 0 aliphatic carbocycles. The van der Waals surface area contributed by atoms with Crippen LogP contribution in [0.3, 0.4) is 0 Å². The predicted molar refractivity (Wildman–Crippen MR) is 107 cm³/mol. The maximum Gasteiger partial charge on any atom is 0.0305 e. The summed E-state index contributed by atoms with van der Waals surface area (Å²) >= 11 is 0. The second-order valence-corrected chi connectivity index (χ2v) is 6.86. The molecule has 0 heterocycles. The molecule has 1 heteroatoms. The maximum absolute atomic E-state index is 4.35. The van der Waals surface area contributed by atoms with Crippen LogP contribution in [0.1, 0.15) is 91.4 Å². The van der Waals surface area contributed by atoms with Crippen LogP contribution in [0.15, 0.2) is 42.1 Å². The summed E-state index contributed by atoms with van der Waals surface area (Å²) in [4.78, 5) is 4.35. The molecule has 1 atom stereocenters. The standard InChI is InChI=1S/C22H39N/c1-6-10-12-14-16-18-22(5,17-15-13-11-7-2)21(9-4)20-23-19-8-3/h8-9,19-20H,3-4,6-7,10-18H2,1-2,5H3/b21-20+,23-19?. The van der Waals surface area contributed by atoms with Crippen LogP contribution in [0.4, 0.5) is 0 Å². The highest BCUT2D eigenvalue weighted by atomic mass is 14.7. The van der Waals surface area contributed by atoms with E-state index < -0.39 is 0 Å². The van der Waals surface area contributed by atoms with Crippen molar-refractivity contribution >= 4 is 6.21 Å². The molecule has 1 unspecified atom stereocenters. The number of unbranched alkanes of at least 4 members (excludes halogenated alkanes) is 7. The van der Waals surface area contributed by atoms with Gasteiger partial charge in [0.15, 0.2) is 0 Å². The number of nitrogens with zero attached hydrogens (tertiary/aromatic N) is 1. The summed E-state index contributed by atoms with van der Waals surface area (Å²) in [5.74, 6) is 0. The SMILES string of the molecule is C=CC=N/C=C(\C=C)C(C)(CCCCCC)CCCCCCC. The van der Waals surface area contributed by atoms with Crippen LogP contribution in [-0.2, 0) is 0 Å².